The van der Waals surface area contributed by atoms with Crippen LogP contribution in [-0.2, 0) is 25.7 Å². The number of fused-ring (bicyclic) bond motifs is 10. The Morgan fingerprint density at radius 3 is 0.595 bits per heavy atom. The molecular formula is C82H114S2. The topological polar surface area (TPSA) is 0 Å². The van der Waals surface area contributed by atoms with E-state index in [-0.39, 0.29) is 0 Å². The first-order chi connectivity index (χ1) is 41.5. The summed E-state index contributed by atoms with van der Waals surface area (Å²) in [6.45, 7) is 9.29. The summed E-state index contributed by atoms with van der Waals surface area (Å²) in [5, 5.41) is 16.9. The van der Waals surface area contributed by atoms with Gasteiger partial charge in [-0.25, -0.2) is 0 Å². The number of benzene rings is 7. The fourth-order valence-corrected chi connectivity index (χ4v) is 16.8. The first-order valence-corrected chi connectivity index (χ1v) is 37.8. The highest BCUT2D eigenvalue weighted by Gasteiger charge is 2.16. The molecule has 2 aromatic heterocycles. The number of aryl methyl sites for hydroxylation is 4. The van der Waals surface area contributed by atoms with E-state index in [0.717, 1.165) is 0 Å². The average Bonchev–Trinajstić information content (AvgIpc) is 3.69. The molecule has 0 saturated heterocycles. The highest BCUT2D eigenvalue weighted by Crippen LogP contribution is 2.45. The number of rotatable bonds is 44. The second-order valence-electron chi connectivity index (χ2n) is 26.8. The molecule has 0 aliphatic rings. The fraction of sp³-hybridized carbons (Fsp3) is 0.585. The lowest BCUT2D eigenvalue weighted by Crippen LogP contribution is -1.97. The molecule has 9 aromatic rings. The second kappa shape index (κ2) is 35.7. The SMILES string of the molecule is CCCCCCCCCCCCc1cc2cc3cc4sc5cc6c(cc5c4cc3cc2cc1CCCCCCCCCCCC)sc1cc2cc3cc(CCCCCCCCCCCC)c(CCCCCCCCCCCC)cc3cc2cc16. The third-order valence-corrected chi connectivity index (χ3v) is 22.0. The molecule has 0 N–H and O–H groups in total. The van der Waals surface area contributed by atoms with E-state index in [1.165, 1.54) is 366 Å². The largest absolute Gasteiger partial charge is 0.135 e. The summed E-state index contributed by atoms with van der Waals surface area (Å²) in [5.74, 6) is 0. The summed E-state index contributed by atoms with van der Waals surface area (Å²) < 4.78 is 5.67. The maximum Gasteiger partial charge on any atom is 0.0362 e. The minimum Gasteiger partial charge on any atom is -0.135 e. The van der Waals surface area contributed by atoms with Gasteiger partial charge in [0.1, 0.15) is 0 Å². The number of unbranched alkanes of at least 4 members (excludes halogenated alkanes) is 36. The molecule has 7 aromatic carbocycles. The molecule has 0 spiro atoms. The zero-order chi connectivity index (χ0) is 58.0. The van der Waals surface area contributed by atoms with Crippen LogP contribution in [0.3, 0.4) is 0 Å². The number of hydrogen-bond donors (Lipinski definition) is 0. The molecule has 2 heterocycles. The van der Waals surface area contributed by atoms with E-state index in [2.05, 4.69) is 113 Å². The molecule has 2 heteroatoms. The zero-order valence-electron chi connectivity index (χ0n) is 54.0. The van der Waals surface area contributed by atoms with Crippen LogP contribution in [0.4, 0.5) is 0 Å². The monoisotopic (exact) mass is 1160 g/mol. The van der Waals surface area contributed by atoms with E-state index < -0.39 is 0 Å². The Balaban J connectivity index is 0.924. The third kappa shape index (κ3) is 19.0. The van der Waals surface area contributed by atoms with Crippen LogP contribution >= 0.6 is 22.7 Å². The van der Waals surface area contributed by atoms with Gasteiger partial charge in [-0.2, -0.15) is 0 Å². The van der Waals surface area contributed by atoms with Gasteiger partial charge in [0, 0.05) is 40.3 Å². The lowest BCUT2D eigenvalue weighted by atomic mass is 9.91. The Kier molecular flexibility index (Phi) is 27.4. The van der Waals surface area contributed by atoms with Crippen LogP contribution in [0.5, 0.6) is 0 Å². The van der Waals surface area contributed by atoms with Gasteiger partial charge in [-0.1, -0.05) is 283 Å². The van der Waals surface area contributed by atoms with Gasteiger partial charge < -0.3 is 0 Å². The van der Waals surface area contributed by atoms with Gasteiger partial charge in [0.05, 0.1) is 0 Å². The lowest BCUT2D eigenvalue weighted by Gasteiger charge is -2.13. The Hall–Kier alpha value is -3.98. The predicted octanol–water partition coefficient (Wildman–Crippen LogP) is 28.9. The van der Waals surface area contributed by atoms with Crippen molar-refractivity contribution in [3.63, 3.8) is 0 Å². The van der Waals surface area contributed by atoms with Crippen LogP contribution in [0.1, 0.15) is 307 Å². The molecule has 0 nitrogen and oxygen atoms in total. The molecular weight excluding hydrogens is 1050 g/mol. The molecule has 84 heavy (non-hydrogen) atoms. The second-order valence-corrected chi connectivity index (χ2v) is 29.0. The van der Waals surface area contributed by atoms with Crippen molar-refractivity contribution in [1.82, 2.24) is 0 Å². The smallest absolute Gasteiger partial charge is 0.0362 e. The van der Waals surface area contributed by atoms with Crippen molar-refractivity contribution in [2.45, 2.75) is 310 Å². The molecule has 454 valence electrons. The first kappa shape index (κ1) is 64.5. The van der Waals surface area contributed by atoms with Gasteiger partial charge in [-0.05, 0) is 177 Å². The van der Waals surface area contributed by atoms with Crippen LogP contribution in [0, 0.1) is 0 Å². The Morgan fingerprint density at radius 2 is 0.357 bits per heavy atom. The number of hydrogen-bond acceptors (Lipinski definition) is 2. The average molecular weight is 1160 g/mol. The molecule has 0 amide bonds. The molecule has 0 unspecified atom stereocenters. The van der Waals surface area contributed by atoms with Crippen molar-refractivity contribution < 1.29 is 0 Å². The van der Waals surface area contributed by atoms with E-state index in [4.69, 9.17) is 0 Å². The summed E-state index contributed by atoms with van der Waals surface area (Å²) in [5.41, 5.74) is 6.51. The number of thiophene rings is 2. The maximum atomic E-state index is 2.62. The summed E-state index contributed by atoms with van der Waals surface area (Å²) in [7, 11) is 0. The van der Waals surface area contributed by atoms with Gasteiger partial charge in [0.15, 0.2) is 0 Å². The van der Waals surface area contributed by atoms with Gasteiger partial charge >= 0.3 is 0 Å². The normalized spacial score (nSPS) is 12.2. The maximum absolute atomic E-state index is 2.62. The summed E-state index contributed by atoms with van der Waals surface area (Å²) in [4.78, 5) is 0. The summed E-state index contributed by atoms with van der Waals surface area (Å²) >= 11 is 4.00. The Labute approximate surface area is 520 Å². The van der Waals surface area contributed by atoms with Crippen molar-refractivity contribution >= 4 is 106 Å². The van der Waals surface area contributed by atoms with Gasteiger partial charge in [0.2, 0.25) is 0 Å². The standard InChI is InChI=1S/C82H114S2/c1-5-9-13-17-21-25-29-33-37-41-45-63-49-67-53-71-57-75-77-61-82-78(62-81(77)83-79(75)59-73(71)55-69(67)51-65(63)47-43-39-35-31-27-23-19-15-11-7-3)76-58-72-54-68-50-64(46-42-38-34-30-26-22-18-14-10-6-2)66(52-70(68)56-74(72)60-80(76)84-82)48-44-40-36-32-28-24-20-16-12-8-4/h49-62H,5-48H2,1-4H3. The van der Waals surface area contributed by atoms with Crippen LogP contribution in [-0.4, -0.2) is 0 Å². The van der Waals surface area contributed by atoms with Gasteiger partial charge in [-0.15, -0.1) is 22.7 Å². The van der Waals surface area contributed by atoms with E-state index in [9.17, 15) is 0 Å². The van der Waals surface area contributed by atoms with Gasteiger partial charge in [0.25, 0.3) is 0 Å². The fourth-order valence-electron chi connectivity index (χ4n) is 14.5. The van der Waals surface area contributed by atoms with E-state index in [1.54, 1.807) is 22.3 Å². The van der Waals surface area contributed by atoms with Crippen LogP contribution in [0.15, 0.2) is 84.9 Å². The van der Waals surface area contributed by atoms with Crippen molar-refractivity contribution in [2.75, 3.05) is 0 Å². The molecule has 0 atom stereocenters. The van der Waals surface area contributed by atoms with Crippen molar-refractivity contribution in [1.29, 1.82) is 0 Å². The van der Waals surface area contributed by atoms with Crippen LogP contribution in [0.2, 0.25) is 0 Å². The Bertz CT molecular complexity index is 3150. The van der Waals surface area contributed by atoms with Crippen LogP contribution in [0.25, 0.3) is 83.4 Å². The molecule has 0 radical (unpaired) electrons. The molecule has 0 bridgehead atoms. The minimum atomic E-state index is 1.23. The lowest BCUT2D eigenvalue weighted by molar-refractivity contribution is 0.553. The van der Waals surface area contributed by atoms with E-state index >= 15 is 0 Å². The van der Waals surface area contributed by atoms with Crippen molar-refractivity contribution in [3.05, 3.63) is 107 Å². The molecule has 0 saturated carbocycles. The molecule has 0 fully saturated rings. The molecule has 0 aliphatic heterocycles. The van der Waals surface area contributed by atoms with Crippen molar-refractivity contribution in [2.24, 2.45) is 0 Å². The highest BCUT2D eigenvalue weighted by molar-refractivity contribution is 7.27. The predicted molar refractivity (Wildman–Crippen MR) is 384 cm³/mol. The third-order valence-electron chi connectivity index (χ3n) is 19.7. The molecule has 9 rings (SSSR count). The van der Waals surface area contributed by atoms with Crippen LogP contribution < -0.4 is 0 Å². The van der Waals surface area contributed by atoms with Crippen molar-refractivity contribution in [3.8, 4) is 0 Å². The summed E-state index contributed by atoms with van der Waals surface area (Å²) in [6.07, 6.45) is 60.8. The van der Waals surface area contributed by atoms with Gasteiger partial charge in [-0.3, -0.25) is 0 Å². The summed E-state index contributed by atoms with van der Waals surface area (Å²) in [6, 6.07) is 35.8. The zero-order valence-corrected chi connectivity index (χ0v) is 55.6. The highest BCUT2D eigenvalue weighted by atomic mass is 32.1. The van der Waals surface area contributed by atoms with E-state index in [1.807, 2.05) is 22.7 Å². The van der Waals surface area contributed by atoms with E-state index in [0.29, 0.717) is 0 Å². The minimum absolute atomic E-state index is 1.23. The quantitative estimate of drug-likeness (QED) is 0.0264. The Morgan fingerprint density at radius 1 is 0.179 bits per heavy atom. The molecule has 0 aliphatic carbocycles. The first-order valence-electron chi connectivity index (χ1n) is 36.1.